The Bertz CT molecular complexity index is 1070. The average Bonchev–Trinajstić information content (AvgIpc) is 3.23. The fourth-order valence-corrected chi connectivity index (χ4v) is 3.90. The summed E-state index contributed by atoms with van der Waals surface area (Å²) in [5.74, 6) is -0.0120. The lowest BCUT2D eigenvalue weighted by Crippen LogP contribution is -2.08. The van der Waals surface area contributed by atoms with Crippen molar-refractivity contribution in [2.45, 2.75) is 57.5 Å². The molecule has 37 heavy (non-hydrogen) atoms. The molecule has 0 radical (unpaired) electrons. The van der Waals surface area contributed by atoms with Crippen molar-refractivity contribution in [3.8, 4) is 11.5 Å². The molecule has 0 spiro atoms. The van der Waals surface area contributed by atoms with Crippen LogP contribution in [-0.2, 0) is 19.1 Å². The SMILES string of the molecule is C=C1CC(CCCCCCCCOc2ccc(C(=O)Oc3ccc(C=CC(=O)OC)cc3)cc2)OC1=O. The van der Waals surface area contributed by atoms with Crippen molar-refractivity contribution in [3.63, 3.8) is 0 Å². The zero-order valence-electron chi connectivity index (χ0n) is 21.3. The highest BCUT2D eigenvalue weighted by atomic mass is 16.6. The van der Waals surface area contributed by atoms with Gasteiger partial charge in [0.2, 0.25) is 0 Å². The van der Waals surface area contributed by atoms with E-state index in [1.54, 1.807) is 54.6 Å². The number of esters is 3. The van der Waals surface area contributed by atoms with E-state index < -0.39 is 11.9 Å². The van der Waals surface area contributed by atoms with E-state index in [-0.39, 0.29) is 12.1 Å². The topological polar surface area (TPSA) is 88.1 Å². The Hall–Kier alpha value is -3.87. The number of carbonyl (C=O) groups excluding carboxylic acids is 3. The van der Waals surface area contributed by atoms with Crippen LogP contribution in [0.15, 0.2) is 66.8 Å². The second-order valence-corrected chi connectivity index (χ2v) is 8.93. The maximum atomic E-state index is 12.4. The minimum atomic E-state index is -0.458. The molecule has 0 aromatic heterocycles. The maximum absolute atomic E-state index is 12.4. The van der Waals surface area contributed by atoms with Crippen molar-refractivity contribution in [1.82, 2.24) is 0 Å². The third-order valence-electron chi connectivity index (χ3n) is 6.02. The third kappa shape index (κ3) is 9.60. The molecule has 0 bridgehead atoms. The van der Waals surface area contributed by atoms with E-state index in [2.05, 4.69) is 11.3 Å². The van der Waals surface area contributed by atoms with Crippen LogP contribution in [0, 0.1) is 0 Å². The number of unbranched alkanes of at least 4 members (excludes halogenated alkanes) is 5. The van der Waals surface area contributed by atoms with Gasteiger partial charge in [-0.3, -0.25) is 0 Å². The molecule has 1 atom stereocenters. The van der Waals surface area contributed by atoms with Gasteiger partial charge in [-0.15, -0.1) is 0 Å². The van der Waals surface area contributed by atoms with Crippen molar-refractivity contribution < 1.29 is 33.3 Å². The number of cyclic esters (lactones) is 1. The van der Waals surface area contributed by atoms with Gasteiger partial charge in [-0.2, -0.15) is 0 Å². The Balaban J connectivity index is 1.27. The standard InChI is InChI=1S/C30H34O7/c1-22-21-27(37-29(22)32)9-7-5-3-4-6-8-20-35-25-17-13-24(14-18-25)30(33)36-26-15-10-23(11-16-26)12-19-28(31)34-2/h10-19,27H,1,3-9,20-21H2,2H3. The minimum absolute atomic E-state index is 0.0243. The van der Waals surface area contributed by atoms with Gasteiger partial charge >= 0.3 is 17.9 Å². The molecule has 1 saturated heterocycles. The van der Waals surface area contributed by atoms with Crippen LogP contribution in [0.2, 0.25) is 0 Å². The Labute approximate surface area is 218 Å². The molecule has 0 aliphatic carbocycles. The number of methoxy groups -OCH3 is 1. The van der Waals surface area contributed by atoms with E-state index in [9.17, 15) is 14.4 Å². The van der Waals surface area contributed by atoms with E-state index in [1.165, 1.54) is 13.2 Å². The summed E-state index contributed by atoms with van der Waals surface area (Å²) in [6, 6.07) is 13.7. The lowest BCUT2D eigenvalue weighted by Gasteiger charge is -2.09. The van der Waals surface area contributed by atoms with Gasteiger partial charge < -0.3 is 18.9 Å². The van der Waals surface area contributed by atoms with E-state index in [1.807, 2.05) is 0 Å². The van der Waals surface area contributed by atoms with Crippen LogP contribution in [0.4, 0.5) is 0 Å². The molecule has 2 aromatic carbocycles. The number of benzene rings is 2. The Morgan fingerprint density at radius 1 is 0.946 bits per heavy atom. The first-order valence-electron chi connectivity index (χ1n) is 12.6. The summed E-state index contributed by atoms with van der Waals surface area (Å²) >= 11 is 0. The lowest BCUT2D eigenvalue weighted by molar-refractivity contribution is -0.139. The van der Waals surface area contributed by atoms with E-state index in [0.29, 0.717) is 35.7 Å². The van der Waals surface area contributed by atoms with E-state index in [4.69, 9.17) is 14.2 Å². The van der Waals surface area contributed by atoms with Crippen LogP contribution < -0.4 is 9.47 Å². The van der Waals surface area contributed by atoms with Gasteiger partial charge in [0.25, 0.3) is 0 Å². The number of rotatable bonds is 14. The van der Waals surface area contributed by atoms with Crippen LogP contribution in [-0.4, -0.2) is 37.7 Å². The summed E-state index contributed by atoms with van der Waals surface area (Å²) < 4.78 is 21.0. The van der Waals surface area contributed by atoms with Gasteiger partial charge in [0.05, 0.1) is 19.3 Å². The second kappa shape index (κ2) is 14.6. The van der Waals surface area contributed by atoms with Crippen LogP contribution in [0.1, 0.15) is 67.3 Å². The second-order valence-electron chi connectivity index (χ2n) is 8.93. The highest BCUT2D eigenvalue weighted by molar-refractivity contribution is 5.91. The predicted octanol–water partition coefficient (Wildman–Crippen LogP) is 6.07. The molecule has 2 aromatic rings. The summed E-state index contributed by atoms with van der Waals surface area (Å²) in [6.07, 6.45) is 11.1. The lowest BCUT2D eigenvalue weighted by atomic mass is 10.0. The van der Waals surface area contributed by atoms with Gasteiger partial charge in [-0.25, -0.2) is 14.4 Å². The number of ether oxygens (including phenoxy) is 4. The highest BCUT2D eigenvalue weighted by Crippen LogP contribution is 2.23. The Kier molecular flexibility index (Phi) is 11.0. The molecule has 1 heterocycles. The Morgan fingerprint density at radius 3 is 2.24 bits per heavy atom. The fourth-order valence-electron chi connectivity index (χ4n) is 3.90. The van der Waals surface area contributed by atoms with Crippen LogP contribution in [0.5, 0.6) is 11.5 Å². The normalized spacial score (nSPS) is 15.0. The Morgan fingerprint density at radius 2 is 1.59 bits per heavy atom. The molecular formula is C30H34O7. The summed E-state index contributed by atoms with van der Waals surface area (Å²) in [4.78, 5) is 34.9. The highest BCUT2D eigenvalue weighted by Gasteiger charge is 2.26. The molecule has 196 valence electrons. The monoisotopic (exact) mass is 506 g/mol. The largest absolute Gasteiger partial charge is 0.494 e. The number of carbonyl (C=O) groups is 3. The first-order valence-corrected chi connectivity index (χ1v) is 12.6. The van der Waals surface area contributed by atoms with Crippen LogP contribution in [0.3, 0.4) is 0 Å². The molecular weight excluding hydrogens is 472 g/mol. The molecule has 1 unspecified atom stereocenters. The molecule has 1 aliphatic heterocycles. The number of hydrogen-bond acceptors (Lipinski definition) is 7. The van der Waals surface area contributed by atoms with Gasteiger partial charge in [-0.05, 0) is 67.3 Å². The third-order valence-corrected chi connectivity index (χ3v) is 6.02. The van der Waals surface area contributed by atoms with Crippen molar-refractivity contribution in [2.75, 3.05) is 13.7 Å². The van der Waals surface area contributed by atoms with Crippen molar-refractivity contribution >= 4 is 24.0 Å². The molecule has 7 heteroatoms. The summed E-state index contributed by atoms with van der Waals surface area (Å²) in [5.41, 5.74) is 1.81. The minimum Gasteiger partial charge on any atom is -0.494 e. The van der Waals surface area contributed by atoms with Gasteiger partial charge in [0, 0.05) is 18.1 Å². The van der Waals surface area contributed by atoms with Gasteiger partial charge in [0.15, 0.2) is 0 Å². The number of hydrogen-bond donors (Lipinski definition) is 0. The molecule has 1 aliphatic rings. The summed E-state index contributed by atoms with van der Waals surface area (Å²) in [6.45, 7) is 4.34. The molecule has 7 nitrogen and oxygen atoms in total. The first-order chi connectivity index (χ1) is 17.9. The smallest absolute Gasteiger partial charge is 0.343 e. The van der Waals surface area contributed by atoms with Crippen molar-refractivity contribution in [1.29, 1.82) is 0 Å². The molecule has 1 fully saturated rings. The first kappa shape index (κ1) is 27.7. The average molecular weight is 507 g/mol. The van der Waals surface area contributed by atoms with Crippen LogP contribution >= 0.6 is 0 Å². The predicted molar refractivity (Wildman–Crippen MR) is 140 cm³/mol. The molecule has 0 saturated carbocycles. The fraction of sp³-hybridized carbons (Fsp3) is 0.367. The van der Waals surface area contributed by atoms with Gasteiger partial charge in [-0.1, -0.05) is 44.4 Å². The van der Waals surface area contributed by atoms with Crippen LogP contribution in [0.25, 0.3) is 6.08 Å². The van der Waals surface area contributed by atoms with E-state index in [0.717, 1.165) is 50.5 Å². The summed E-state index contributed by atoms with van der Waals surface area (Å²) in [7, 11) is 1.32. The van der Waals surface area contributed by atoms with E-state index >= 15 is 0 Å². The van der Waals surface area contributed by atoms with Crippen molar-refractivity contribution in [2.24, 2.45) is 0 Å². The molecule has 3 rings (SSSR count). The van der Waals surface area contributed by atoms with Crippen molar-refractivity contribution in [3.05, 3.63) is 77.9 Å². The zero-order chi connectivity index (χ0) is 26.5. The molecule has 0 N–H and O–H groups in total. The zero-order valence-corrected chi connectivity index (χ0v) is 21.3. The maximum Gasteiger partial charge on any atom is 0.343 e. The molecule has 0 amide bonds. The quantitative estimate of drug-likeness (QED) is 0.133. The van der Waals surface area contributed by atoms with Gasteiger partial charge in [0.1, 0.15) is 17.6 Å². The summed E-state index contributed by atoms with van der Waals surface area (Å²) in [5, 5.41) is 0.